The van der Waals surface area contributed by atoms with Gasteiger partial charge in [0.1, 0.15) is 28.0 Å². The minimum absolute atomic E-state index is 0.466. The Morgan fingerprint density at radius 1 is 0.396 bits per heavy atom. The summed E-state index contributed by atoms with van der Waals surface area (Å²) in [6, 6.07) is 47.1. The van der Waals surface area contributed by atoms with Gasteiger partial charge in [-0.2, -0.15) is 0 Å². The third-order valence-electron chi connectivity index (χ3n) is 8.99. The summed E-state index contributed by atoms with van der Waals surface area (Å²) in [6.45, 7) is 0. The van der Waals surface area contributed by atoms with E-state index in [2.05, 4.69) is 66.7 Å². The summed E-state index contributed by atoms with van der Waals surface area (Å²) >= 11 is 0. The summed E-state index contributed by atoms with van der Waals surface area (Å²) in [6.07, 6.45) is 1.75. The topological polar surface area (TPSA) is 77.8 Å². The summed E-state index contributed by atoms with van der Waals surface area (Å²) in [5.74, 6) is 1.57. The lowest BCUT2D eigenvalue weighted by molar-refractivity contribution is 0.668. The molecule has 0 saturated carbocycles. The zero-order valence-corrected chi connectivity index (χ0v) is 25.5. The van der Waals surface area contributed by atoms with Gasteiger partial charge in [0.05, 0.1) is 5.39 Å². The molecular weight excluding hydrogens is 592 g/mol. The fourth-order valence-corrected chi connectivity index (χ4v) is 6.72. The Morgan fingerprint density at radius 2 is 1.10 bits per heavy atom. The summed E-state index contributed by atoms with van der Waals surface area (Å²) in [7, 11) is 0. The molecule has 0 fully saturated rings. The Hall–Kier alpha value is -6.66. The van der Waals surface area contributed by atoms with Crippen molar-refractivity contribution >= 4 is 54.6 Å². The molecule has 0 aliphatic heterocycles. The van der Waals surface area contributed by atoms with Gasteiger partial charge in [-0.15, -0.1) is 0 Å². The molecule has 0 spiro atoms. The molecule has 4 aromatic heterocycles. The van der Waals surface area contributed by atoms with Crippen LogP contribution >= 0.6 is 0 Å². The zero-order chi connectivity index (χ0) is 31.6. The molecule has 0 amide bonds. The Balaban J connectivity index is 1.23. The highest BCUT2D eigenvalue weighted by molar-refractivity contribution is 6.13. The van der Waals surface area contributed by atoms with Crippen molar-refractivity contribution < 1.29 is 8.83 Å². The SMILES string of the molecule is c1ccc(-c2ccc3c(c2)oc2ccnc(-c4nc(-c5ccc6ccccc6c5)nc(-c5cccc6oc7ccccc7c56)n4)c23)cc1. The second-order valence-corrected chi connectivity index (χ2v) is 11.9. The van der Waals surface area contributed by atoms with Gasteiger partial charge >= 0.3 is 0 Å². The fourth-order valence-electron chi connectivity index (χ4n) is 6.72. The van der Waals surface area contributed by atoms with Crippen LogP contribution in [0.25, 0.3) is 100 Å². The zero-order valence-electron chi connectivity index (χ0n) is 25.5. The number of hydrogen-bond donors (Lipinski definition) is 0. The molecule has 0 bridgehead atoms. The van der Waals surface area contributed by atoms with Gasteiger partial charge < -0.3 is 8.83 Å². The predicted molar refractivity (Wildman–Crippen MR) is 191 cm³/mol. The maximum atomic E-state index is 6.43. The van der Waals surface area contributed by atoms with Gasteiger partial charge in [-0.1, -0.05) is 103 Å². The fraction of sp³-hybridized carbons (Fsp3) is 0. The largest absolute Gasteiger partial charge is 0.456 e. The van der Waals surface area contributed by atoms with Crippen LogP contribution in [-0.2, 0) is 0 Å². The molecule has 10 rings (SSSR count). The molecule has 0 saturated heterocycles. The molecule has 0 atom stereocenters. The van der Waals surface area contributed by atoms with Crippen LogP contribution in [0.15, 0.2) is 155 Å². The van der Waals surface area contributed by atoms with Crippen molar-refractivity contribution in [2.45, 2.75) is 0 Å². The Labute approximate surface area is 274 Å². The maximum Gasteiger partial charge on any atom is 0.183 e. The molecule has 10 aromatic rings. The van der Waals surface area contributed by atoms with E-state index in [1.807, 2.05) is 72.8 Å². The van der Waals surface area contributed by atoms with Crippen molar-refractivity contribution in [3.8, 4) is 45.4 Å². The van der Waals surface area contributed by atoms with Gasteiger partial charge in [0.25, 0.3) is 0 Å². The summed E-state index contributed by atoms with van der Waals surface area (Å²) in [5.41, 5.74) is 7.68. The molecule has 48 heavy (non-hydrogen) atoms. The van der Waals surface area contributed by atoms with E-state index < -0.39 is 0 Å². The minimum atomic E-state index is 0.466. The minimum Gasteiger partial charge on any atom is -0.456 e. The number of nitrogens with zero attached hydrogens (tertiary/aromatic N) is 4. The number of hydrogen-bond acceptors (Lipinski definition) is 6. The molecule has 4 heterocycles. The van der Waals surface area contributed by atoms with E-state index in [-0.39, 0.29) is 0 Å². The lowest BCUT2D eigenvalue weighted by Crippen LogP contribution is -2.01. The first-order chi connectivity index (χ1) is 23.8. The van der Waals surface area contributed by atoms with Gasteiger partial charge in [0, 0.05) is 33.5 Å². The van der Waals surface area contributed by atoms with Gasteiger partial charge in [0.2, 0.25) is 0 Å². The van der Waals surface area contributed by atoms with Crippen molar-refractivity contribution in [2.24, 2.45) is 0 Å². The van der Waals surface area contributed by atoms with E-state index in [9.17, 15) is 0 Å². The van der Waals surface area contributed by atoms with Crippen LogP contribution in [0.5, 0.6) is 0 Å². The smallest absolute Gasteiger partial charge is 0.183 e. The van der Waals surface area contributed by atoms with E-state index in [4.69, 9.17) is 28.8 Å². The van der Waals surface area contributed by atoms with E-state index >= 15 is 0 Å². The molecule has 6 aromatic carbocycles. The number of fused-ring (bicyclic) bond motifs is 7. The number of aromatic nitrogens is 4. The number of pyridine rings is 1. The number of rotatable bonds is 4. The summed E-state index contributed by atoms with van der Waals surface area (Å²) in [4.78, 5) is 20.2. The van der Waals surface area contributed by atoms with Gasteiger partial charge in [-0.05, 0) is 58.3 Å². The average molecular weight is 617 g/mol. The van der Waals surface area contributed by atoms with E-state index in [0.717, 1.165) is 76.9 Å². The maximum absolute atomic E-state index is 6.43. The van der Waals surface area contributed by atoms with Crippen LogP contribution in [0.4, 0.5) is 0 Å². The lowest BCUT2D eigenvalue weighted by Gasteiger charge is -2.10. The quantitative estimate of drug-likeness (QED) is 0.196. The van der Waals surface area contributed by atoms with E-state index in [0.29, 0.717) is 23.2 Å². The van der Waals surface area contributed by atoms with Crippen LogP contribution < -0.4 is 0 Å². The number of benzene rings is 6. The molecule has 6 nitrogen and oxygen atoms in total. The first-order valence-electron chi connectivity index (χ1n) is 15.8. The summed E-state index contributed by atoms with van der Waals surface area (Å²) in [5, 5.41) is 6.04. The standard InChI is InChI=1S/C42H24N4O2/c1-2-9-25(10-3-1)28-19-20-31-36(24-28)48-35-21-22-43-39(38(31)35)42-45-40(29-18-17-26-11-4-5-12-27(26)23-29)44-41(46-42)32-14-8-16-34-37(32)30-13-6-7-15-33(30)47-34/h1-24H. The monoisotopic (exact) mass is 616 g/mol. The van der Waals surface area contributed by atoms with Crippen molar-refractivity contribution in [3.05, 3.63) is 146 Å². The van der Waals surface area contributed by atoms with Gasteiger partial charge in [-0.25, -0.2) is 15.0 Å². The normalized spacial score (nSPS) is 11.8. The van der Waals surface area contributed by atoms with Crippen LogP contribution in [-0.4, -0.2) is 19.9 Å². The Kier molecular flexibility index (Phi) is 5.77. The lowest BCUT2D eigenvalue weighted by atomic mass is 10.0. The second kappa shape index (κ2) is 10.4. The van der Waals surface area contributed by atoms with Crippen molar-refractivity contribution in [3.63, 3.8) is 0 Å². The molecule has 0 radical (unpaired) electrons. The van der Waals surface area contributed by atoms with Crippen LogP contribution in [0.2, 0.25) is 0 Å². The summed E-state index contributed by atoms with van der Waals surface area (Å²) < 4.78 is 12.7. The first-order valence-corrected chi connectivity index (χ1v) is 15.8. The Bertz CT molecular complexity index is 2850. The Morgan fingerprint density at radius 3 is 2.04 bits per heavy atom. The van der Waals surface area contributed by atoms with Gasteiger partial charge in [-0.3, -0.25) is 4.98 Å². The third-order valence-corrected chi connectivity index (χ3v) is 8.99. The molecule has 0 aliphatic carbocycles. The van der Waals surface area contributed by atoms with E-state index in [1.54, 1.807) is 6.20 Å². The van der Waals surface area contributed by atoms with Crippen molar-refractivity contribution in [1.29, 1.82) is 0 Å². The third kappa shape index (κ3) is 4.20. The van der Waals surface area contributed by atoms with Crippen molar-refractivity contribution in [2.75, 3.05) is 0 Å². The number of para-hydroxylation sites is 1. The molecule has 0 unspecified atom stereocenters. The molecule has 224 valence electrons. The average Bonchev–Trinajstić information content (AvgIpc) is 3.73. The highest BCUT2D eigenvalue weighted by atomic mass is 16.3. The second-order valence-electron chi connectivity index (χ2n) is 11.9. The van der Waals surface area contributed by atoms with Crippen LogP contribution in [0, 0.1) is 0 Å². The van der Waals surface area contributed by atoms with E-state index in [1.165, 1.54) is 0 Å². The van der Waals surface area contributed by atoms with Crippen LogP contribution in [0.1, 0.15) is 0 Å². The molecule has 0 aliphatic rings. The van der Waals surface area contributed by atoms with Crippen LogP contribution in [0.3, 0.4) is 0 Å². The van der Waals surface area contributed by atoms with Gasteiger partial charge in [0.15, 0.2) is 17.5 Å². The predicted octanol–water partition coefficient (Wildman–Crippen LogP) is 10.9. The number of furan rings is 2. The molecular formula is C42H24N4O2. The highest BCUT2D eigenvalue weighted by Gasteiger charge is 2.21. The highest BCUT2D eigenvalue weighted by Crippen LogP contribution is 2.39. The molecule has 0 N–H and O–H groups in total. The first kappa shape index (κ1) is 26.5. The molecule has 6 heteroatoms. The van der Waals surface area contributed by atoms with Crippen molar-refractivity contribution in [1.82, 2.24) is 19.9 Å².